The molecule has 0 spiro atoms. The minimum atomic E-state index is -0.130. The van der Waals surface area contributed by atoms with Crippen LogP contribution in [0.1, 0.15) is 26.5 Å². The SMILES string of the molecule is CC(C)(C)c1cc(Nc2cccc(Cl)c2)n2ncc(-c3ccccc3Cl)c2n1. The second-order valence-corrected chi connectivity index (χ2v) is 8.53. The molecule has 28 heavy (non-hydrogen) atoms. The number of rotatable bonds is 3. The van der Waals surface area contributed by atoms with Gasteiger partial charge in [0.15, 0.2) is 5.65 Å². The molecule has 4 rings (SSSR count). The number of benzene rings is 2. The van der Waals surface area contributed by atoms with E-state index in [2.05, 4.69) is 31.2 Å². The molecular formula is C22H20Cl2N4. The number of anilines is 2. The predicted molar refractivity (Wildman–Crippen MR) is 117 cm³/mol. The topological polar surface area (TPSA) is 42.2 Å². The summed E-state index contributed by atoms with van der Waals surface area (Å²) >= 11 is 12.6. The van der Waals surface area contributed by atoms with Crippen molar-refractivity contribution in [2.45, 2.75) is 26.2 Å². The fraction of sp³-hybridized carbons (Fsp3) is 0.182. The van der Waals surface area contributed by atoms with Gasteiger partial charge in [0.05, 0.1) is 11.9 Å². The molecule has 4 nitrogen and oxygen atoms in total. The highest BCUT2D eigenvalue weighted by Crippen LogP contribution is 2.33. The fourth-order valence-electron chi connectivity index (χ4n) is 3.02. The lowest BCUT2D eigenvalue weighted by Crippen LogP contribution is -2.16. The third kappa shape index (κ3) is 3.58. The molecule has 0 amide bonds. The quantitative estimate of drug-likeness (QED) is 0.406. The third-order valence-corrected chi connectivity index (χ3v) is 5.07. The van der Waals surface area contributed by atoms with Crippen molar-refractivity contribution in [1.82, 2.24) is 14.6 Å². The highest BCUT2D eigenvalue weighted by molar-refractivity contribution is 6.33. The maximum absolute atomic E-state index is 6.44. The van der Waals surface area contributed by atoms with E-state index in [1.165, 1.54) is 0 Å². The van der Waals surface area contributed by atoms with Gasteiger partial charge in [-0.3, -0.25) is 0 Å². The van der Waals surface area contributed by atoms with Crippen LogP contribution < -0.4 is 5.32 Å². The largest absolute Gasteiger partial charge is 0.340 e. The molecule has 0 bridgehead atoms. The van der Waals surface area contributed by atoms with Crippen molar-refractivity contribution in [1.29, 1.82) is 0 Å². The summed E-state index contributed by atoms with van der Waals surface area (Å²) in [6.07, 6.45) is 1.80. The first kappa shape index (κ1) is 18.8. The molecule has 2 aromatic carbocycles. The molecule has 142 valence electrons. The van der Waals surface area contributed by atoms with Crippen LogP contribution in [0, 0.1) is 0 Å². The Hall–Kier alpha value is -2.56. The first-order valence-electron chi connectivity index (χ1n) is 9.00. The van der Waals surface area contributed by atoms with Gasteiger partial charge in [-0.05, 0) is 24.3 Å². The second kappa shape index (κ2) is 7.12. The summed E-state index contributed by atoms with van der Waals surface area (Å²) in [5, 5.41) is 9.34. The number of hydrogen-bond acceptors (Lipinski definition) is 3. The molecular weight excluding hydrogens is 391 g/mol. The van der Waals surface area contributed by atoms with Crippen LogP contribution in [0.2, 0.25) is 10.0 Å². The zero-order valence-corrected chi connectivity index (χ0v) is 17.4. The summed E-state index contributed by atoms with van der Waals surface area (Å²) in [5.41, 5.74) is 4.27. The molecule has 0 aliphatic rings. The number of nitrogens with one attached hydrogen (secondary N) is 1. The van der Waals surface area contributed by atoms with Crippen molar-refractivity contribution >= 4 is 40.4 Å². The van der Waals surface area contributed by atoms with Gasteiger partial charge in [0.1, 0.15) is 5.82 Å². The van der Waals surface area contributed by atoms with E-state index in [-0.39, 0.29) is 5.41 Å². The van der Waals surface area contributed by atoms with Crippen molar-refractivity contribution < 1.29 is 0 Å². The van der Waals surface area contributed by atoms with Gasteiger partial charge >= 0.3 is 0 Å². The van der Waals surface area contributed by atoms with Crippen molar-refractivity contribution in [3.05, 3.63) is 76.5 Å². The molecule has 4 aromatic rings. The minimum Gasteiger partial charge on any atom is -0.340 e. The maximum atomic E-state index is 6.44. The van der Waals surface area contributed by atoms with E-state index >= 15 is 0 Å². The Morgan fingerprint density at radius 3 is 2.43 bits per heavy atom. The van der Waals surface area contributed by atoms with Gasteiger partial charge in [-0.15, -0.1) is 0 Å². The van der Waals surface area contributed by atoms with Gasteiger partial charge in [-0.2, -0.15) is 9.61 Å². The Morgan fingerprint density at radius 1 is 0.929 bits per heavy atom. The Labute approximate surface area is 174 Å². The molecule has 2 heterocycles. The molecule has 0 aliphatic carbocycles. The molecule has 0 fully saturated rings. The molecule has 6 heteroatoms. The number of halogens is 2. The zero-order chi connectivity index (χ0) is 19.9. The van der Waals surface area contributed by atoms with Gasteiger partial charge in [-0.1, -0.05) is 68.2 Å². The van der Waals surface area contributed by atoms with Crippen molar-refractivity contribution in [2.24, 2.45) is 0 Å². The van der Waals surface area contributed by atoms with E-state index in [4.69, 9.17) is 28.2 Å². The number of nitrogens with zero attached hydrogens (tertiary/aromatic N) is 3. The van der Waals surface area contributed by atoms with Crippen molar-refractivity contribution in [2.75, 3.05) is 5.32 Å². The highest BCUT2D eigenvalue weighted by Gasteiger charge is 2.21. The van der Waals surface area contributed by atoms with Crippen LogP contribution in [0.4, 0.5) is 11.5 Å². The van der Waals surface area contributed by atoms with Gasteiger partial charge < -0.3 is 5.32 Å². The fourth-order valence-corrected chi connectivity index (χ4v) is 3.45. The molecule has 0 atom stereocenters. The maximum Gasteiger partial charge on any atom is 0.165 e. The van der Waals surface area contributed by atoms with E-state index in [1.807, 2.05) is 54.6 Å². The monoisotopic (exact) mass is 410 g/mol. The Bertz CT molecular complexity index is 1160. The molecule has 0 radical (unpaired) electrons. The van der Waals surface area contributed by atoms with E-state index in [1.54, 1.807) is 10.7 Å². The van der Waals surface area contributed by atoms with Crippen LogP contribution in [0.3, 0.4) is 0 Å². The second-order valence-electron chi connectivity index (χ2n) is 7.69. The van der Waals surface area contributed by atoms with E-state index in [9.17, 15) is 0 Å². The summed E-state index contributed by atoms with van der Waals surface area (Å²) in [7, 11) is 0. The first-order chi connectivity index (χ1) is 13.3. The molecule has 1 N–H and O–H groups in total. The van der Waals surface area contributed by atoms with Gasteiger partial charge in [0.25, 0.3) is 0 Å². The molecule has 2 aromatic heterocycles. The Balaban J connectivity index is 1.93. The van der Waals surface area contributed by atoms with Crippen molar-refractivity contribution in [3.8, 4) is 11.1 Å². The van der Waals surface area contributed by atoms with E-state index in [0.29, 0.717) is 10.0 Å². The Morgan fingerprint density at radius 2 is 1.71 bits per heavy atom. The summed E-state index contributed by atoms with van der Waals surface area (Å²) < 4.78 is 1.80. The number of hydrogen-bond donors (Lipinski definition) is 1. The molecule has 0 unspecified atom stereocenters. The predicted octanol–water partition coefficient (Wildman–Crippen LogP) is 6.74. The van der Waals surface area contributed by atoms with Gasteiger partial charge in [-0.25, -0.2) is 4.98 Å². The van der Waals surface area contributed by atoms with Gasteiger partial charge in [0, 0.05) is 38.3 Å². The summed E-state index contributed by atoms with van der Waals surface area (Å²) in [5.74, 6) is 0.815. The van der Waals surface area contributed by atoms with Crippen LogP contribution >= 0.6 is 23.2 Å². The highest BCUT2D eigenvalue weighted by atomic mass is 35.5. The normalized spacial score (nSPS) is 11.8. The lowest BCUT2D eigenvalue weighted by molar-refractivity contribution is 0.569. The van der Waals surface area contributed by atoms with Crippen LogP contribution in [0.15, 0.2) is 60.8 Å². The lowest BCUT2D eigenvalue weighted by Gasteiger charge is -2.20. The molecule has 0 aliphatic heterocycles. The lowest BCUT2D eigenvalue weighted by atomic mass is 9.92. The van der Waals surface area contributed by atoms with Crippen molar-refractivity contribution in [3.63, 3.8) is 0 Å². The molecule has 0 saturated carbocycles. The van der Waals surface area contributed by atoms with Gasteiger partial charge in [0.2, 0.25) is 0 Å². The average Bonchev–Trinajstić information content (AvgIpc) is 3.05. The zero-order valence-electron chi connectivity index (χ0n) is 15.9. The number of fused-ring (bicyclic) bond motifs is 1. The van der Waals surface area contributed by atoms with Crippen LogP contribution in [-0.4, -0.2) is 14.6 Å². The summed E-state index contributed by atoms with van der Waals surface area (Å²) in [6, 6.07) is 17.4. The Kier molecular flexibility index (Phi) is 4.77. The summed E-state index contributed by atoms with van der Waals surface area (Å²) in [4.78, 5) is 4.92. The minimum absolute atomic E-state index is 0.130. The summed E-state index contributed by atoms with van der Waals surface area (Å²) in [6.45, 7) is 6.42. The van der Waals surface area contributed by atoms with Crippen LogP contribution in [0.5, 0.6) is 0 Å². The third-order valence-electron chi connectivity index (χ3n) is 4.50. The number of aromatic nitrogens is 3. The average molecular weight is 411 g/mol. The smallest absolute Gasteiger partial charge is 0.165 e. The standard InChI is InChI=1S/C22H20Cl2N4/c1-22(2,3)19-12-20(26-15-8-6-7-14(23)11-15)28-21(27-19)17(13-25-28)16-9-4-5-10-18(16)24/h4-13,26H,1-3H3. The van der Waals surface area contributed by atoms with Crippen LogP contribution in [0.25, 0.3) is 16.8 Å². The van der Waals surface area contributed by atoms with E-state index in [0.717, 1.165) is 34.0 Å². The van der Waals surface area contributed by atoms with Crippen LogP contribution in [-0.2, 0) is 5.41 Å². The van der Waals surface area contributed by atoms with E-state index < -0.39 is 0 Å². The first-order valence-corrected chi connectivity index (χ1v) is 9.75. The molecule has 0 saturated heterocycles.